The van der Waals surface area contributed by atoms with E-state index in [1.807, 2.05) is 0 Å². The summed E-state index contributed by atoms with van der Waals surface area (Å²) in [6.07, 6.45) is 1.11. The minimum Gasteiger partial charge on any atom is -0.493 e. The summed E-state index contributed by atoms with van der Waals surface area (Å²) in [5.41, 5.74) is 5.15. The maximum absolute atomic E-state index is 6.19. The second-order valence-corrected chi connectivity index (χ2v) is 7.89. The molecule has 5 nitrogen and oxygen atoms in total. The fourth-order valence-electron chi connectivity index (χ4n) is 5.03. The predicted octanol–water partition coefficient (Wildman–Crippen LogP) is 2.54. The minimum absolute atomic E-state index is 0.112. The van der Waals surface area contributed by atoms with Gasteiger partial charge in [0.2, 0.25) is 0 Å². The number of fused-ring (bicyclic) bond motifs is 5. The first-order chi connectivity index (χ1) is 13.3. The fraction of sp³-hybridized carbons (Fsp3) is 0.455. The van der Waals surface area contributed by atoms with Crippen molar-refractivity contribution in [3.05, 3.63) is 53.1 Å². The molecule has 0 aliphatic carbocycles. The lowest BCUT2D eigenvalue weighted by Gasteiger charge is -2.30. The Kier molecular flexibility index (Phi) is 3.44. The molecule has 2 aromatic rings. The van der Waals surface area contributed by atoms with Crippen LogP contribution in [-0.2, 0) is 21.3 Å². The number of rotatable bonds is 2. The molecular formula is C22H23NO4. The van der Waals surface area contributed by atoms with E-state index in [1.54, 1.807) is 0 Å². The van der Waals surface area contributed by atoms with Gasteiger partial charge in [0.15, 0.2) is 0 Å². The summed E-state index contributed by atoms with van der Waals surface area (Å²) in [6.45, 7) is 5.27. The third-order valence-electron chi connectivity index (χ3n) is 6.31. The van der Waals surface area contributed by atoms with E-state index in [0.717, 1.165) is 37.6 Å². The van der Waals surface area contributed by atoms with Crippen molar-refractivity contribution in [3.8, 4) is 11.5 Å². The molecule has 6 rings (SSSR count). The van der Waals surface area contributed by atoms with Crippen LogP contribution in [0.3, 0.4) is 0 Å². The highest BCUT2D eigenvalue weighted by Gasteiger charge is 2.50. The van der Waals surface area contributed by atoms with Gasteiger partial charge in [0.05, 0.1) is 37.9 Å². The van der Waals surface area contributed by atoms with E-state index in [-0.39, 0.29) is 11.5 Å². The molecule has 0 aromatic heterocycles. The quantitative estimate of drug-likeness (QED) is 0.818. The number of benzene rings is 2. The highest BCUT2D eigenvalue weighted by atomic mass is 16.6. The van der Waals surface area contributed by atoms with Crippen molar-refractivity contribution < 1.29 is 18.9 Å². The normalized spacial score (nSPS) is 27.9. The topological polar surface area (TPSA) is 40.2 Å². The maximum Gasteiger partial charge on any atom is 0.127 e. The van der Waals surface area contributed by atoms with Gasteiger partial charge in [-0.2, -0.15) is 0 Å². The Morgan fingerprint density at radius 3 is 2.89 bits per heavy atom. The van der Waals surface area contributed by atoms with Crippen LogP contribution in [0.2, 0.25) is 0 Å². The Labute approximate surface area is 158 Å². The Hall–Kier alpha value is -2.24. The SMILES string of the molecule is c1ccc2c(c1)N(CC1COCCO1)CC21COc2cc3c(cc21)CCO3. The van der Waals surface area contributed by atoms with Crippen molar-refractivity contribution in [1.82, 2.24) is 0 Å². The molecule has 27 heavy (non-hydrogen) atoms. The average molecular weight is 365 g/mol. The van der Waals surface area contributed by atoms with E-state index in [9.17, 15) is 0 Å². The lowest BCUT2D eigenvalue weighted by molar-refractivity contribution is -0.0840. The van der Waals surface area contributed by atoms with Crippen molar-refractivity contribution in [1.29, 1.82) is 0 Å². The molecule has 2 atom stereocenters. The molecule has 0 radical (unpaired) electrons. The number of hydrogen-bond acceptors (Lipinski definition) is 5. The first kappa shape index (κ1) is 15.8. The zero-order valence-electron chi connectivity index (χ0n) is 15.3. The standard InChI is InChI=1S/C22H23NO4/c1-2-4-19-17(3-1)22(13-23(19)11-16-12-24-7-8-25-16)14-27-21-10-20-15(5-6-26-20)9-18(21)22/h1-4,9-10,16H,5-8,11-14H2. The van der Waals surface area contributed by atoms with Crippen LogP contribution in [0, 0.1) is 0 Å². The first-order valence-corrected chi connectivity index (χ1v) is 9.80. The zero-order chi connectivity index (χ0) is 17.8. The van der Waals surface area contributed by atoms with Crippen LogP contribution in [0.25, 0.3) is 0 Å². The van der Waals surface area contributed by atoms with E-state index in [1.165, 1.54) is 22.4 Å². The molecule has 4 aliphatic rings. The third kappa shape index (κ3) is 2.31. The van der Waals surface area contributed by atoms with Crippen LogP contribution >= 0.6 is 0 Å². The molecule has 0 bridgehead atoms. The van der Waals surface area contributed by atoms with Crippen LogP contribution in [0.1, 0.15) is 16.7 Å². The van der Waals surface area contributed by atoms with Gasteiger partial charge < -0.3 is 23.8 Å². The van der Waals surface area contributed by atoms with E-state index >= 15 is 0 Å². The van der Waals surface area contributed by atoms with Crippen molar-refractivity contribution in [2.24, 2.45) is 0 Å². The summed E-state index contributed by atoms with van der Waals surface area (Å²) >= 11 is 0. The lowest BCUT2D eigenvalue weighted by Crippen LogP contribution is -2.43. The molecule has 1 saturated heterocycles. The molecule has 0 amide bonds. The molecule has 4 heterocycles. The first-order valence-electron chi connectivity index (χ1n) is 9.80. The van der Waals surface area contributed by atoms with Gasteiger partial charge in [-0.1, -0.05) is 18.2 Å². The van der Waals surface area contributed by atoms with Crippen molar-refractivity contribution in [2.75, 3.05) is 51.0 Å². The summed E-state index contributed by atoms with van der Waals surface area (Å²) in [7, 11) is 0. The van der Waals surface area contributed by atoms with Crippen molar-refractivity contribution >= 4 is 5.69 Å². The Bertz CT molecular complexity index is 892. The minimum atomic E-state index is -0.112. The number of hydrogen-bond donors (Lipinski definition) is 0. The molecule has 1 fully saturated rings. The van der Waals surface area contributed by atoms with Crippen LogP contribution in [-0.4, -0.2) is 52.2 Å². The van der Waals surface area contributed by atoms with Crippen LogP contribution < -0.4 is 14.4 Å². The largest absolute Gasteiger partial charge is 0.493 e. The second-order valence-electron chi connectivity index (χ2n) is 7.89. The van der Waals surface area contributed by atoms with Crippen LogP contribution in [0.5, 0.6) is 11.5 Å². The van der Waals surface area contributed by atoms with Gasteiger partial charge in [0.1, 0.15) is 18.1 Å². The fourth-order valence-corrected chi connectivity index (χ4v) is 5.03. The van der Waals surface area contributed by atoms with Gasteiger partial charge in [-0.25, -0.2) is 0 Å². The molecule has 4 aliphatic heterocycles. The third-order valence-corrected chi connectivity index (χ3v) is 6.31. The average Bonchev–Trinajstić information content (AvgIpc) is 3.39. The summed E-state index contributed by atoms with van der Waals surface area (Å²) in [6, 6.07) is 13.2. The summed E-state index contributed by atoms with van der Waals surface area (Å²) < 4.78 is 23.5. The molecule has 5 heteroatoms. The van der Waals surface area contributed by atoms with E-state index in [4.69, 9.17) is 18.9 Å². The molecule has 0 saturated carbocycles. The smallest absolute Gasteiger partial charge is 0.127 e. The van der Waals surface area contributed by atoms with E-state index < -0.39 is 0 Å². The number of nitrogens with zero attached hydrogens (tertiary/aromatic N) is 1. The summed E-state index contributed by atoms with van der Waals surface area (Å²) in [5.74, 6) is 1.96. The molecule has 140 valence electrons. The lowest BCUT2D eigenvalue weighted by atomic mass is 9.77. The zero-order valence-corrected chi connectivity index (χ0v) is 15.3. The Morgan fingerprint density at radius 1 is 1.00 bits per heavy atom. The van der Waals surface area contributed by atoms with Gasteiger partial charge in [0, 0.05) is 36.8 Å². The van der Waals surface area contributed by atoms with Gasteiger partial charge in [0.25, 0.3) is 0 Å². The van der Waals surface area contributed by atoms with Gasteiger partial charge in [-0.3, -0.25) is 0 Å². The molecular weight excluding hydrogens is 342 g/mol. The van der Waals surface area contributed by atoms with E-state index in [2.05, 4.69) is 41.3 Å². The highest BCUT2D eigenvalue weighted by molar-refractivity contribution is 5.70. The molecule has 0 N–H and O–H groups in total. The maximum atomic E-state index is 6.19. The second kappa shape index (κ2) is 5.88. The van der Waals surface area contributed by atoms with Crippen molar-refractivity contribution in [2.45, 2.75) is 17.9 Å². The van der Waals surface area contributed by atoms with E-state index in [0.29, 0.717) is 26.4 Å². The monoisotopic (exact) mass is 365 g/mol. The van der Waals surface area contributed by atoms with Gasteiger partial charge in [-0.15, -0.1) is 0 Å². The predicted molar refractivity (Wildman–Crippen MR) is 101 cm³/mol. The van der Waals surface area contributed by atoms with Gasteiger partial charge in [-0.05, 0) is 23.3 Å². The van der Waals surface area contributed by atoms with Crippen LogP contribution in [0.4, 0.5) is 5.69 Å². The number of para-hydroxylation sites is 1. The summed E-state index contributed by atoms with van der Waals surface area (Å²) in [4.78, 5) is 2.46. The van der Waals surface area contributed by atoms with Crippen LogP contribution in [0.15, 0.2) is 36.4 Å². The Morgan fingerprint density at radius 2 is 1.96 bits per heavy atom. The highest BCUT2D eigenvalue weighted by Crippen LogP contribution is 2.53. The molecule has 1 spiro atoms. The summed E-state index contributed by atoms with van der Waals surface area (Å²) in [5, 5.41) is 0. The Balaban J connectivity index is 1.41. The van der Waals surface area contributed by atoms with Crippen molar-refractivity contribution in [3.63, 3.8) is 0 Å². The number of anilines is 1. The number of ether oxygens (including phenoxy) is 4. The molecule has 2 unspecified atom stereocenters. The molecule has 2 aromatic carbocycles. The van der Waals surface area contributed by atoms with Gasteiger partial charge >= 0.3 is 0 Å².